The largest absolute Gasteiger partial charge is 0.502 e. The van der Waals surface area contributed by atoms with Crippen molar-refractivity contribution in [3.8, 4) is 17.2 Å². The SMILES string of the molecule is COC(=O)/C(=C\c1ccc(OC)c(O)c1OC)c1cc(C)no1. The summed E-state index contributed by atoms with van der Waals surface area (Å²) >= 11 is 0. The zero-order valence-corrected chi connectivity index (χ0v) is 13.2. The third-order valence-electron chi connectivity index (χ3n) is 3.15. The molecule has 1 aromatic heterocycles. The lowest BCUT2D eigenvalue weighted by Crippen LogP contribution is -2.03. The molecule has 2 rings (SSSR count). The summed E-state index contributed by atoms with van der Waals surface area (Å²) in [6, 6.07) is 4.81. The highest BCUT2D eigenvalue weighted by Gasteiger charge is 2.20. The van der Waals surface area contributed by atoms with Crippen LogP contribution in [0.15, 0.2) is 22.7 Å². The summed E-state index contributed by atoms with van der Waals surface area (Å²) in [6.45, 7) is 1.74. The van der Waals surface area contributed by atoms with E-state index in [1.54, 1.807) is 25.1 Å². The molecule has 0 atom stereocenters. The first kappa shape index (κ1) is 16.4. The van der Waals surface area contributed by atoms with Gasteiger partial charge in [-0.05, 0) is 25.1 Å². The maximum Gasteiger partial charge on any atom is 0.341 e. The highest BCUT2D eigenvalue weighted by atomic mass is 16.5. The van der Waals surface area contributed by atoms with Crippen LogP contribution in [0.5, 0.6) is 17.2 Å². The second kappa shape index (κ2) is 6.87. The van der Waals surface area contributed by atoms with Crippen LogP contribution in [0.2, 0.25) is 0 Å². The number of phenols is 1. The van der Waals surface area contributed by atoms with Crippen molar-refractivity contribution in [3.63, 3.8) is 0 Å². The van der Waals surface area contributed by atoms with Crippen LogP contribution in [0.1, 0.15) is 17.0 Å². The standard InChI is InChI=1S/C16H17NO6/c1-9-7-13(23-17-9)11(16(19)22-4)8-10-5-6-12(20-2)14(18)15(10)21-3/h5-8,18H,1-4H3/b11-8-. The lowest BCUT2D eigenvalue weighted by Gasteiger charge is -2.11. The van der Waals surface area contributed by atoms with Gasteiger partial charge < -0.3 is 23.8 Å². The predicted molar refractivity (Wildman–Crippen MR) is 82.3 cm³/mol. The fraction of sp³-hybridized carbons (Fsp3) is 0.250. The van der Waals surface area contributed by atoms with E-state index in [1.165, 1.54) is 27.4 Å². The number of phenolic OH excluding ortho intramolecular Hbond substituents is 1. The van der Waals surface area contributed by atoms with E-state index in [2.05, 4.69) is 5.16 Å². The lowest BCUT2D eigenvalue weighted by atomic mass is 10.1. The lowest BCUT2D eigenvalue weighted by molar-refractivity contribution is -0.133. The van der Waals surface area contributed by atoms with Crippen molar-refractivity contribution < 1.29 is 28.6 Å². The van der Waals surface area contributed by atoms with Gasteiger partial charge >= 0.3 is 5.97 Å². The Labute approximate surface area is 133 Å². The summed E-state index contributed by atoms with van der Waals surface area (Å²) in [5.41, 5.74) is 1.23. The van der Waals surface area contributed by atoms with Gasteiger partial charge in [-0.25, -0.2) is 4.79 Å². The maximum atomic E-state index is 12.0. The summed E-state index contributed by atoms with van der Waals surface area (Å²) in [7, 11) is 4.10. The Morgan fingerprint density at radius 2 is 2.00 bits per heavy atom. The quantitative estimate of drug-likeness (QED) is 0.668. The average Bonchev–Trinajstić information content (AvgIpc) is 2.98. The van der Waals surface area contributed by atoms with E-state index in [1.807, 2.05) is 0 Å². The molecule has 23 heavy (non-hydrogen) atoms. The smallest absolute Gasteiger partial charge is 0.341 e. The first-order valence-corrected chi connectivity index (χ1v) is 6.69. The van der Waals surface area contributed by atoms with Gasteiger partial charge in [-0.1, -0.05) is 5.16 Å². The minimum Gasteiger partial charge on any atom is -0.502 e. The average molecular weight is 319 g/mol. The molecule has 7 heteroatoms. The van der Waals surface area contributed by atoms with Crippen molar-refractivity contribution in [2.45, 2.75) is 6.92 Å². The highest BCUT2D eigenvalue weighted by molar-refractivity contribution is 6.20. The number of nitrogens with zero attached hydrogens (tertiary/aromatic N) is 1. The van der Waals surface area contributed by atoms with E-state index in [0.29, 0.717) is 11.3 Å². The third kappa shape index (κ3) is 3.28. The van der Waals surface area contributed by atoms with Crippen LogP contribution in [0, 0.1) is 6.92 Å². The summed E-state index contributed by atoms with van der Waals surface area (Å²) in [5, 5.41) is 13.9. The van der Waals surface area contributed by atoms with Crippen LogP contribution in [-0.4, -0.2) is 37.6 Å². The van der Waals surface area contributed by atoms with Crippen molar-refractivity contribution in [2.24, 2.45) is 0 Å². The third-order valence-corrected chi connectivity index (χ3v) is 3.15. The molecule has 1 heterocycles. The molecule has 0 saturated carbocycles. The Hall–Kier alpha value is -2.96. The van der Waals surface area contributed by atoms with Gasteiger partial charge in [0.25, 0.3) is 0 Å². The molecule has 0 radical (unpaired) electrons. The summed E-state index contributed by atoms with van der Waals surface area (Å²) < 4.78 is 20.1. The number of aromatic hydroxyl groups is 1. The second-order valence-electron chi connectivity index (χ2n) is 4.62. The van der Waals surface area contributed by atoms with Gasteiger partial charge in [0.05, 0.1) is 27.0 Å². The van der Waals surface area contributed by atoms with Gasteiger partial charge in [-0.2, -0.15) is 0 Å². The number of carbonyl (C=O) groups is 1. The molecule has 7 nitrogen and oxygen atoms in total. The Kier molecular flexibility index (Phi) is 4.90. The molecule has 0 spiro atoms. The number of rotatable bonds is 5. The van der Waals surface area contributed by atoms with E-state index in [-0.39, 0.29) is 28.6 Å². The van der Waals surface area contributed by atoms with Crippen LogP contribution in [0.4, 0.5) is 0 Å². The van der Waals surface area contributed by atoms with Gasteiger partial charge in [0.15, 0.2) is 17.3 Å². The number of aryl methyl sites for hydroxylation is 1. The minimum absolute atomic E-state index is 0.149. The first-order valence-electron chi connectivity index (χ1n) is 6.69. The highest BCUT2D eigenvalue weighted by Crippen LogP contribution is 2.40. The van der Waals surface area contributed by atoms with E-state index in [9.17, 15) is 9.90 Å². The van der Waals surface area contributed by atoms with E-state index < -0.39 is 5.97 Å². The fourth-order valence-corrected chi connectivity index (χ4v) is 2.05. The molecule has 0 fully saturated rings. The maximum absolute atomic E-state index is 12.0. The number of esters is 1. The second-order valence-corrected chi connectivity index (χ2v) is 4.62. The number of methoxy groups -OCH3 is 3. The molecule has 1 aromatic carbocycles. The number of carbonyl (C=O) groups excluding carboxylic acids is 1. The molecule has 0 aliphatic heterocycles. The topological polar surface area (TPSA) is 91.0 Å². The Morgan fingerprint density at radius 1 is 1.26 bits per heavy atom. The van der Waals surface area contributed by atoms with Crippen LogP contribution in [-0.2, 0) is 9.53 Å². The molecule has 0 bridgehead atoms. The van der Waals surface area contributed by atoms with Crippen LogP contribution in [0.25, 0.3) is 11.6 Å². The van der Waals surface area contributed by atoms with Gasteiger partial charge in [0, 0.05) is 11.6 Å². The predicted octanol–water partition coefficient (Wildman–Crippen LogP) is 2.42. The number of benzene rings is 1. The monoisotopic (exact) mass is 319 g/mol. The van der Waals surface area contributed by atoms with Crippen molar-refractivity contribution in [2.75, 3.05) is 21.3 Å². The van der Waals surface area contributed by atoms with Crippen molar-refractivity contribution in [1.82, 2.24) is 5.16 Å². The summed E-state index contributed by atoms with van der Waals surface area (Å²) in [5.74, 6) is -0.0805. The van der Waals surface area contributed by atoms with Crippen LogP contribution in [0.3, 0.4) is 0 Å². The first-order chi connectivity index (χ1) is 11.0. The molecule has 0 aliphatic carbocycles. The molecule has 0 saturated heterocycles. The number of hydrogen-bond acceptors (Lipinski definition) is 7. The Balaban J connectivity index is 2.59. The number of aromatic nitrogens is 1. The summed E-state index contributed by atoms with van der Waals surface area (Å²) in [6.07, 6.45) is 1.49. The Bertz CT molecular complexity index is 747. The zero-order chi connectivity index (χ0) is 17.0. The minimum atomic E-state index is -0.599. The molecule has 2 aromatic rings. The molecule has 0 aliphatic rings. The fourth-order valence-electron chi connectivity index (χ4n) is 2.05. The van der Waals surface area contributed by atoms with Crippen molar-refractivity contribution >= 4 is 17.6 Å². The Morgan fingerprint density at radius 3 is 2.52 bits per heavy atom. The number of ether oxygens (including phenoxy) is 3. The summed E-state index contributed by atoms with van der Waals surface area (Å²) in [4.78, 5) is 12.0. The molecule has 0 unspecified atom stereocenters. The van der Waals surface area contributed by atoms with Gasteiger partial charge in [-0.3, -0.25) is 0 Å². The van der Waals surface area contributed by atoms with Gasteiger partial charge in [0.2, 0.25) is 5.75 Å². The molecular formula is C16H17NO6. The van der Waals surface area contributed by atoms with Crippen LogP contribution >= 0.6 is 0 Å². The van der Waals surface area contributed by atoms with Crippen molar-refractivity contribution in [1.29, 1.82) is 0 Å². The van der Waals surface area contributed by atoms with Gasteiger partial charge in [-0.15, -0.1) is 0 Å². The zero-order valence-electron chi connectivity index (χ0n) is 13.2. The molecular weight excluding hydrogens is 302 g/mol. The van der Waals surface area contributed by atoms with Gasteiger partial charge in [0.1, 0.15) is 5.57 Å². The molecule has 122 valence electrons. The molecule has 1 N–H and O–H groups in total. The molecule has 0 amide bonds. The van der Waals surface area contributed by atoms with Crippen LogP contribution < -0.4 is 9.47 Å². The number of hydrogen-bond donors (Lipinski definition) is 1. The van der Waals surface area contributed by atoms with E-state index in [4.69, 9.17) is 18.7 Å². The van der Waals surface area contributed by atoms with Crippen molar-refractivity contribution in [3.05, 3.63) is 35.2 Å². The van der Waals surface area contributed by atoms with E-state index in [0.717, 1.165) is 0 Å². The normalized spacial score (nSPS) is 11.2. The van der Waals surface area contributed by atoms with E-state index >= 15 is 0 Å².